The Morgan fingerprint density at radius 2 is 2.50 bits per heavy atom. The second kappa shape index (κ2) is 5.34. The smallest absolute Gasteiger partial charge is 0.267 e. The molecule has 0 fully saturated rings. The molecule has 1 rings (SSSR count). The highest BCUT2D eigenvalue weighted by Gasteiger charge is 1.98. The van der Waals surface area contributed by atoms with Gasteiger partial charge in [0.15, 0.2) is 0 Å². The fraction of sp³-hybridized carbons (Fsp3) is 0.400. The first-order chi connectivity index (χ1) is 6.74. The number of likely N-dealkylation sites (N-methyl/N-ethyl adjacent to an activating group) is 1. The van der Waals surface area contributed by atoms with Crippen molar-refractivity contribution in [2.45, 2.75) is 13.5 Å². The number of aromatic nitrogens is 2. The predicted octanol–water partition coefficient (Wildman–Crippen LogP) is 0.409. The van der Waals surface area contributed by atoms with Crippen LogP contribution in [0.25, 0.3) is 0 Å². The van der Waals surface area contributed by atoms with Crippen LogP contribution in [0.15, 0.2) is 35.3 Å². The summed E-state index contributed by atoms with van der Waals surface area (Å²) in [5, 5.41) is 7.09. The van der Waals surface area contributed by atoms with Crippen LogP contribution in [-0.2, 0) is 6.54 Å². The average Bonchev–Trinajstić information content (AvgIpc) is 2.18. The Morgan fingerprint density at radius 1 is 1.71 bits per heavy atom. The second-order valence-corrected chi connectivity index (χ2v) is 3.05. The van der Waals surface area contributed by atoms with Gasteiger partial charge in [-0.3, -0.25) is 4.79 Å². The van der Waals surface area contributed by atoms with Gasteiger partial charge in [-0.15, -0.1) is 0 Å². The van der Waals surface area contributed by atoms with Gasteiger partial charge >= 0.3 is 0 Å². The summed E-state index contributed by atoms with van der Waals surface area (Å²) in [4.78, 5) is 11.3. The van der Waals surface area contributed by atoms with Crippen LogP contribution in [0.5, 0.6) is 0 Å². The lowest BCUT2D eigenvalue weighted by Crippen LogP contribution is -2.25. The van der Waals surface area contributed by atoms with Crippen molar-refractivity contribution < 1.29 is 0 Å². The van der Waals surface area contributed by atoms with Crippen molar-refractivity contribution in [1.82, 2.24) is 15.1 Å². The number of rotatable bonds is 5. The molecule has 0 amide bonds. The van der Waals surface area contributed by atoms with Crippen molar-refractivity contribution >= 4 is 0 Å². The molecule has 1 N–H and O–H groups in total. The maximum atomic E-state index is 11.3. The minimum Gasteiger partial charge on any atom is -0.313 e. The van der Waals surface area contributed by atoms with Crippen molar-refractivity contribution in [2.75, 3.05) is 13.1 Å². The van der Waals surface area contributed by atoms with Crippen LogP contribution in [-0.4, -0.2) is 22.9 Å². The van der Waals surface area contributed by atoms with Gasteiger partial charge in [0, 0.05) is 18.8 Å². The van der Waals surface area contributed by atoms with Crippen LogP contribution >= 0.6 is 0 Å². The maximum absolute atomic E-state index is 11.3. The second-order valence-electron chi connectivity index (χ2n) is 3.05. The zero-order valence-electron chi connectivity index (χ0n) is 8.36. The molecule has 1 aromatic heterocycles. The molecule has 1 aromatic rings. The third-order valence-electron chi connectivity index (χ3n) is 1.78. The molecule has 0 atom stereocenters. The number of nitrogens with one attached hydrogen (secondary N) is 1. The molecular formula is C10H15N3O. The lowest BCUT2D eigenvalue weighted by molar-refractivity contribution is 0.610. The first-order valence-electron chi connectivity index (χ1n) is 4.63. The van der Waals surface area contributed by atoms with Crippen LogP contribution in [0.4, 0.5) is 0 Å². The van der Waals surface area contributed by atoms with Gasteiger partial charge in [0.05, 0.1) is 6.54 Å². The summed E-state index contributed by atoms with van der Waals surface area (Å²) in [5.74, 6) is 0. The van der Waals surface area contributed by atoms with E-state index in [-0.39, 0.29) is 5.56 Å². The summed E-state index contributed by atoms with van der Waals surface area (Å²) in [6, 6.07) is 3.12. The molecule has 0 aliphatic heterocycles. The molecule has 4 nitrogen and oxygen atoms in total. The van der Waals surface area contributed by atoms with Crippen LogP contribution < -0.4 is 10.9 Å². The molecule has 0 aliphatic carbocycles. The standard InChI is InChI=1S/C10H15N3O/c1-3-11-7-9(2)8-13-10(14)5-4-6-12-13/h4-6,11H,2-3,7-8H2,1H3. The van der Waals surface area contributed by atoms with Gasteiger partial charge in [-0.05, 0) is 18.2 Å². The quantitative estimate of drug-likeness (QED) is 0.689. The minimum atomic E-state index is -0.0925. The lowest BCUT2D eigenvalue weighted by atomic mass is 10.3. The minimum absolute atomic E-state index is 0.0925. The molecule has 0 unspecified atom stereocenters. The van der Waals surface area contributed by atoms with E-state index < -0.39 is 0 Å². The topological polar surface area (TPSA) is 46.9 Å². The van der Waals surface area contributed by atoms with Crippen molar-refractivity contribution in [2.24, 2.45) is 0 Å². The molecule has 14 heavy (non-hydrogen) atoms. The number of nitrogens with zero attached hydrogens (tertiary/aromatic N) is 2. The van der Waals surface area contributed by atoms with Crippen molar-refractivity contribution in [3.05, 3.63) is 40.8 Å². The summed E-state index contributed by atoms with van der Waals surface area (Å²) < 4.78 is 1.40. The lowest BCUT2D eigenvalue weighted by Gasteiger charge is -2.06. The van der Waals surface area contributed by atoms with E-state index in [0.717, 1.165) is 18.7 Å². The Bertz CT molecular complexity index is 356. The predicted molar refractivity (Wildman–Crippen MR) is 56.2 cm³/mol. The summed E-state index contributed by atoms with van der Waals surface area (Å²) >= 11 is 0. The Morgan fingerprint density at radius 3 is 3.14 bits per heavy atom. The van der Waals surface area contributed by atoms with E-state index in [2.05, 4.69) is 17.0 Å². The van der Waals surface area contributed by atoms with Crippen molar-refractivity contribution in [3.63, 3.8) is 0 Å². The molecule has 1 heterocycles. The third-order valence-corrected chi connectivity index (χ3v) is 1.78. The van der Waals surface area contributed by atoms with Crippen LogP contribution in [0.2, 0.25) is 0 Å². The molecule has 0 radical (unpaired) electrons. The molecule has 0 bridgehead atoms. The number of hydrogen-bond acceptors (Lipinski definition) is 3. The highest BCUT2D eigenvalue weighted by molar-refractivity contribution is 4.97. The largest absolute Gasteiger partial charge is 0.313 e. The SMILES string of the molecule is C=C(CNCC)Cn1ncccc1=O. The van der Waals surface area contributed by atoms with E-state index in [4.69, 9.17) is 0 Å². The van der Waals surface area contributed by atoms with Gasteiger partial charge in [-0.2, -0.15) is 5.10 Å². The molecule has 0 aromatic carbocycles. The van der Waals surface area contributed by atoms with E-state index in [9.17, 15) is 4.79 Å². The van der Waals surface area contributed by atoms with Crippen LogP contribution in [0.3, 0.4) is 0 Å². The molecule has 0 saturated heterocycles. The molecule has 4 heteroatoms. The Kier molecular flexibility index (Phi) is 4.07. The fourth-order valence-corrected chi connectivity index (χ4v) is 1.08. The van der Waals surface area contributed by atoms with E-state index in [1.807, 2.05) is 6.92 Å². The normalized spacial score (nSPS) is 10.1. The summed E-state index contributed by atoms with van der Waals surface area (Å²) in [5.41, 5.74) is 0.859. The molecule has 0 spiro atoms. The Labute approximate surface area is 83.3 Å². The van der Waals surface area contributed by atoms with Gasteiger partial charge in [0.2, 0.25) is 0 Å². The summed E-state index contributed by atoms with van der Waals surface area (Å²) in [6.07, 6.45) is 1.60. The van der Waals surface area contributed by atoms with Gasteiger partial charge in [-0.1, -0.05) is 13.5 Å². The van der Waals surface area contributed by atoms with Gasteiger partial charge in [0.1, 0.15) is 0 Å². The number of hydrogen-bond donors (Lipinski definition) is 1. The molecule has 76 valence electrons. The van der Waals surface area contributed by atoms with Crippen molar-refractivity contribution in [1.29, 1.82) is 0 Å². The monoisotopic (exact) mass is 193 g/mol. The average molecular weight is 193 g/mol. The third kappa shape index (κ3) is 3.14. The first-order valence-corrected chi connectivity index (χ1v) is 4.63. The van der Waals surface area contributed by atoms with Gasteiger partial charge < -0.3 is 5.32 Å². The van der Waals surface area contributed by atoms with E-state index in [1.54, 1.807) is 12.3 Å². The zero-order chi connectivity index (χ0) is 10.4. The van der Waals surface area contributed by atoms with Crippen LogP contribution in [0, 0.1) is 0 Å². The molecule has 0 aliphatic rings. The van der Waals surface area contributed by atoms with E-state index >= 15 is 0 Å². The highest BCUT2D eigenvalue weighted by atomic mass is 16.1. The Hall–Kier alpha value is -1.42. The van der Waals surface area contributed by atoms with Gasteiger partial charge in [0.25, 0.3) is 5.56 Å². The van der Waals surface area contributed by atoms with E-state index in [0.29, 0.717) is 6.54 Å². The molecule has 0 saturated carbocycles. The van der Waals surface area contributed by atoms with Crippen LogP contribution in [0.1, 0.15) is 6.92 Å². The van der Waals surface area contributed by atoms with E-state index in [1.165, 1.54) is 10.7 Å². The molecular weight excluding hydrogens is 178 g/mol. The highest BCUT2D eigenvalue weighted by Crippen LogP contribution is 1.90. The zero-order valence-corrected chi connectivity index (χ0v) is 8.36. The fourth-order valence-electron chi connectivity index (χ4n) is 1.08. The Balaban J connectivity index is 2.56. The summed E-state index contributed by atoms with van der Waals surface area (Å²) in [6.45, 7) is 7.99. The first kappa shape index (κ1) is 10.7. The maximum Gasteiger partial charge on any atom is 0.267 e. The summed E-state index contributed by atoms with van der Waals surface area (Å²) in [7, 11) is 0. The van der Waals surface area contributed by atoms with Gasteiger partial charge in [-0.25, -0.2) is 4.68 Å². The van der Waals surface area contributed by atoms with Crippen molar-refractivity contribution in [3.8, 4) is 0 Å².